The number of carbonyl (C=O) groups excluding carboxylic acids is 2. The van der Waals surface area contributed by atoms with Crippen LogP contribution in [0.15, 0.2) is 72.9 Å². The third-order valence-electron chi connectivity index (χ3n) is 5.28. The molecule has 0 spiro atoms. The number of esters is 1. The number of fused-ring (bicyclic) bond motifs is 5. The van der Waals surface area contributed by atoms with Gasteiger partial charge in [0.25, 0.3) is 0 Å². The Balaban J connectivity index is 1.91. The van der Waals surface area contributed by atoms with E-state index in [9.17, 15) is 9.59 Å². The van der Waals surface area contributed by atoms with Gasteiger partial charge in [0.1, 0.15) is 5.69 Å². The first kappa shape index (κ1) is 19.3. The lowest BCUT2D eigenvalue weighted by Crippen LogP contribution is -2.13. The van der Waals surface area contributed by atoms with E-state index in [0.717, 1.165) is 21.8 Å². The van der Waals surface area contributed by atoms with Gasteiger partial charge >= 0.3 is 5.97 Å². The third kappa shape index (κ3) is 3.14. The smallest absolute Gasteiger partial charge is 0.340 e. The SMILES string of the molecule is CCOC(=O)c1cc2ccc3ccc4cccnc4c3n2c1C(=O)c1ccc(Cl)cc1. The number of ketones is 1. The molecule has 0 aliphatic heterocycles. The molecule has 6 heteroatoms. The molecule has 0 aliphatic rings. The molecule has 2 aromatic carbocycles. The highest BCUT2D eigenvalue weighted by Gasteiger charge is 2.26. The number of aromatic nitrogens is 2. The maximum absolute atomic E-state index is 13.6. The van der Waals surface area contributed by atoms with Crippen molar-refractivity contribution < 1.29 is 14.3 Å². The van der Waals surface area contributed by atoms with Crippen LogP contribution in [-0.4, -0.2) is 27.7 Å². The van der Waals surface area contributed by atoms with Gasteiger partial charge in [-0.25, -0.2) is 4.79 Å². The Morgan fingerprint density at radius 3 is 2.52 bits per heavy atom. The summed E-state index contributed by atoms with van der Waals surface area (Å²) < 4.78 is 7.07. The second kappa shape index (κ2) is 7.52. The summed E-state index contributed by atoms with van der Waals surface area (Å²) in [7, 11) is 0. The standard InChI is InChI=1S/C25H17ClN2O3/c1-2-31-25(30)20-14-19-12-9-16-6-5-15-4-3-13-27-21(15)22(16)28(19)23(20)24(29)17-7-10-18(26)11-8-17/h3-14H,2H2,1H3. The molecule has 0 atom stereocenters. The summed E-state index contributed by atoms with van der Waals surface area (Å²) >= 11 is 6.00. The average Bonchev–Trinajstić information content (AvgIpc) is 3.19. The van der Waals surface area contributed by atoms with Gasteiger partial charge in [0.2, 0.25) is 5.78 Å². The molecule has 5 aromatic rings. The number of hydrogen-bond donors (Lipinski definition) is 0. The predicted molar refractivity (Wildman–Crippen MR) is 121 cm³/mol. The summed E-state index contributed by atoms with van der Waals surface area (Å²) in [6, 6.07) is 20.0. The fourth-order valence-corrected chi connectivity index (χ4v) is 4.04. The Bertz CT molecular complexity index is 1490. The highest BCUT2D eigenvalue weighted by atomic mass is 35.5. The molecule has 3 heterocycles. The van der Waals surface area contributed by atoms with Gasteiger partial charge in [-0.1, -0.05) is 35.9 Å². The van der Waals surface area contributed by atoms with Crippen LogP contribution in [0.5, 0.6) is 0 Å². The molecule has 0 saturated heterocycles. The van der Waals surface area contributed by atoms with Crippen LogP contribution in [0.4, 0.5) is 0 Å². The van der Waals surface area contributed by atoms with Gasteiger partial charge in [0, 0.05) is 33.1 Å². The molecule has 0 unspecified atom stereocenters. The molecule has 31 heavy (non-hydrogen) atoms. The van der Waals surface area contributed by atoms with E-state index in [-0.39, 0.29) is 23.6 Å². The van der Waals surface area contributed by atoms with E-state index >= 15 is 0 Å². The lowest BCUT2D eigenvalue weighted by atomic mass is 10.0. The largest absolute Gasteiger partial charge is 0.462 e. The van der Waals surface area contributed by atoms with Crippen molar-refractivity contribution in [2.75, 3.05) is 6.61 Å². The van der Waals surface area contributed by atoms with Crippen LogP contribution in [0.2, 0.25) is 5.02 Å². The van der Waals surface area contributed by atoms with E-state index in [1.165, 1.54) is 0 Å². The number of ether oxygens (including phenoxy) is 1. The molecule has 0 amide bonds. The Labute approximate surface area is 182 Å². The summed E-state index contributed by atoms with van der Waals surface area (Å²) in [6.45, 7) is 1.95. The minimum Gasteiger partial charge on any atom is -0.462 e. The van der Waals surface area contributed by atoms with E-state index in [1.807, 2.05) is 40.8 Å². The number of benzene rings is 2. The van der Waals surface area contributed by atoms with E-state index in [1.54, 1.807) is 43.5 Å². The van der Waals surface area contributed by atoms with Crippen molar-refractivity contribution in [3.8, 4) is 0 Å². The van der Waals surface area contributed by atoms with Crippen LogP contribution in [-0.2, 0) is 4.74 Å². The van der Waals surface area contributed by atoms with Crippen LogP contribution >= 0.6 is 11.6 Å². The first-order valence-corrected chi connectivity index (χ1v) is 10.3. The lowest BCUT2D eigenvalue weighted by molar-refractivity contribution is 0.0523. The number of halogens is 1. The van der Waals surface area contributed by atoms with E-state index in [2.05, 4.69) is 4.98 Å². The zero-order chi connectivity index (χ0) is 21.5. The Morgan fingerprint density at radius 2 is 1.74 bits per heavy atom. The van der Waals surface area contributed by atoms with Gasteiger partial charge in [-0.15, -0.1) is 0 Å². The zero-order valence-corrected chi connectivity index (χ0v) is 17.4. The van der Waals surface area contributed by atoms with Crippen LogP contribution in [0.1, 0.15) is 33.3 Å². The van der Waals surface area contributed by atoms with Crippen molar-refractivity contribution in [2.45, 2.75) is 6.92 Å². The highest BCUT2D eigenvalue weighted by Crippen LogP contribution is 2.30. The minimum absolute atomic E-state index is 0.213. The van der Waals surface area contributed by atoms with Gasteiger partial charge in [0.15, 0.2) is 0 Å². The molecule has 0 N–H and O–H groups in total. The normalized spacial score (nSPS) is 11.3. The molecule has 5 nitrogen and oxygen atoms in total. The summed E-state index contributed by atoms with van der Waals surface area (Å²) in [5.41, 5.74) is 3.14. The van der Waals surface area contributed by atoms with Gasteiger partial charge in [-0.3, -0.25) is 9.78 Å². The average molecular weight is 429 g/mol. The van der Waals surface area contributed by atoms with E-state index < -0.39 is 5.97 Å². The van der Waals surface area contributed by atoms with E-state index in [0.29, 0.717) is 16.1 Å². The number of pyridine rings is 2. The quantitative estimate of drug-likeness (QED) is 0.209. The fourth-order valence-electron chi connectivity index (χ4n) is 3.91. The summed E-state index contributed by atoms with van der Waals surface area (Å²) in [6.07, 6.45) is 1.72. The van der Waals surface area contributed by atoms with Gasteiger partial charge in [0.05, 0.1) is 23.2 Å². The molecule has 3 aromatic heterocycles. The molecule has 0 radical (unpaired) electrons. The fraction of sp³-hybridized carbons (Fsp3) is 0.0800. The monoisotopic (exact) mass is 428 g/mol. The van der Waals surface area contributed by atoms with Gasteiger partial charge in [-0.2, -0.15) is 0 Å². The van der Waals surface area contributed by atoms with Crippen LogP contribution in [0, 0.1) is 0 Å². The van der Waals surface area contributed by atoms with Gasteiger partial charge < -0.3 is 9.14 Å². The number of rotatable bonds is 4. The van der Waals surface area contributed by atoms with Crippen LogP contribution in [0.25, 0.3) is 27.3 Å². The minimum atomic E-state index is -0.537. The molecular weight excluding hydrogens is 412 g/mol. The van der Waals surface area contributed by atoms with Gasteiger partial charge in [-0.05, 0) is 49.4 Å². The number of nitrogens with zero attached hydrogens (tertiary/aromatic N) is 2. The van der Waals surface area contributed by atoms with Crippen molar-refractivity contribution in [3.05, 3.63) is 94.8 Å². The zero-order valence-electron chi connectivity index (χ0n) is 16.6. The second-order valence-electron chi connectivity index (χ2n) is 7.14. The summed E-state index contributed by atoms with van der Waals surface area (Å²) in [4.78, 5) is 31.0. The van der Waals surface area contributed by atoms with Crippen molar-refractivity contribution in [3.63, 3.8) is 0 Å². The molecular formula is C25H17ClN2O3. The third-order valence-corrected chi connectivity index (χ3v) is 5.53. The second-order valence-corrected chi connectivity index (χ2v) is 7.57. The molecule has 152 valence electrons. The van der Waals surface area contributed by atoms with Crippen molar-refractivity contribution in [2.24, 2.45) is 0 Å². The number of carbonyl (C=O) groups is 2. The molecule has 0 aliphatic carbocycles. The Hall–Kier alpha value is -3.70. The molecule has 0 bridgehead atoms. The summed E-state index contributed by atoms with van der Waals surface area (Å²) in [5.74, 6) is -0.829. The first-order chi connectivity index (χ1) is 15.1. The molecule has 0 saturated carbocycles. The van der Waals surface area contributed by atoms with E-state index in [4.69, 9.17) is 16.3 Å². The Morgan fingerprint density at radius 1 is 1.00 bits per heavy atom. The first-order valence-electron chi connectivity index (χ1n) is 9.88. The molecule has 0 fully saturated rings. The maximum Gasteiger partial charge on any atom is 0.340 e. The highest BCUT2D eigenvalue weighted by molar-refractivity contribution is 6.30. The maximum atomic E-state index is 13.6. The van der Waals surface area contributed by atoms with Crippen molar-refractivity contribution in [1.82, 2.24) is 9.38 Å². The van der Waals surface area contributed by atoms with Crippen molar-refractivity contribution in [1.29, 1.82) is 0 Å². The Kier molecular flexibility index (Phi) is 4.68. The number of hydrogen-bond acceptors (Lipinski definition) is 4. The van der Waals surface area contributed by atoms with Crippen LogP contribution in [0.3, 0.4) is 0 Å². The van der Waals surface area contributed by atoms with Crippen molar-refractivity contribution >= 4 is 50.7 Å². The predicted octanol–water partition coefficient (Wildman–Crippen LogP) is 5.70. The lowest BCUT2D eigenvalue weighted by Gasteiger charge is -2.11. The molecule has 5 rings (SSSR count). The van der Waals surface area contributed by atoms with Crippen LogP contribution < -0.4 is 0 Å². The topological polar surface area (TPSA) is 60.7 Å². The summed E-state index contributed by atoms with van der Waals surface area (Å²) in [5, 5.41) is 2.39.